The van der Waals surface area contributed by atoms with Gasteiger partial charge < -0.3 is 0 Å². The molecule has 308 valence electrons. The van der Waals surface area contributed by atoms with Gasteiger partial charge in [0.25, 0.3) is 6.71 Å². The van der Waals surface area contributed by atoms with E-state index in [1.807, 2.05) is 86.7 Å². The monoisotopic (exact) mass is 931 g/mol. The molecule has 1 aliphatic carbocycles. The maximum absolute atomic E-state index is 16.5. The van der Waals surface area contributed by atoms with Crippen LogP contribution < -0.4 is 21.7 Å². The molecule has 0 fully saturated rings. The Morgan fingerprint density at radius 2 is 1.10 bits per heavy atom. The number of hydrogen-bond donors (Lipinski definition) is 0. The second-order valence-electron chi connectivity index (χ2n) is 14.8. The van der Waals surface area contributed by atoms with Crippen molar-refractivity contribution in [2.45, 2.75) is 33.6 Å². The van der Waals surface area contributed by atoms with E-state index in [0.717, 1.165) is 22.1 Å². The van der Waals surface area contributed by atoms with Gasteiger partial charge in [0, 0.05) is 43.0 Å². The number of halogens is 10. The summed E-state index contributed by atoms with van der Waals surface area (Å²) in [6, 6.07) is 27.6. The standard InChI is InChI=1S/C48H33BF10P.Zr/c1-5-60(6-2)33-22-31(29-19-11-16-26-15-10-17-27(26)29)24(4)36(35(33)34-23(3)21-32-28(18-12-20-30(32)34)25-13-8-7-9-14-25)49(37-39(50)43(54)47(58)44(55)40(37)51)38-41(52)45(56)48(59)46(57)42(38)53;/h7-22,34H,5-6H2,1-4H3;/q-1;. The number of benzene rings is 6. The molecule has 0 aliphatic heterocycles. The Kier molecular flexibility index (Phi) is 12.6. The van der Waals surface area contributed by atoms with Crippen LogP contribution in [0.4, 0.5) is 43.9 Å². The minimum absolute atomic E-state index is 0. The number of allylic oxidation sites excluding steroid dienone is 1. The van der Waals surface area contributed by atoms with E-state index in [4.69, 9.17) is 0 Å². The van der Waals surface area contributed by atoms with E-state index in [-0.39, 0.29) is 42.8 Å². The van der Waals surface area contributed by atoms with Gasteiger partial charge in [-0.25, -0.2) is 43.9 Å². The van der Waals surface area contributed by atoms with E-state index < -0.39 is 89.7 Å². The third kappa shape index (κ3) is 7.06. The van der Waals surface area contributed by atoms with Crippen molar-refractivity contribution < 1.29 is 70.1 Å². The molecule has 0 saturated carbocycles. The van der Waals surface area contributed by atoms with Crippen LogP contribution >= 0.6 is 7.92 Å². The van der Waals surface area contributed by atoms with Crippen LogP contribution in [0.15, 0.2) is 96.6 Å². The van der Waals surface area contributed by atoms with Gasteiger partial charge in [-0.15, -0.1) is 29.0 Å². The Morgan fingerprint density at radius 1 is 0.574 bits per heavy atom. The molecule has 0 aromatic heterocycles. The van der Waals surface area contributed by atoms with Crippen molar-refractivity contribution in [2.75, 3.05) is 12.3 Å². The summed E-state index contributed by atoms with van der Waals surface area (Å²) in [6.45, 7) is 4.33. The minimum Gasteiger partial charge on any atom is -0.204 e. The summed E-state index contributed by atoms with van der Waals surface area (Å²) in [4.78, 5) is 0. The zero-order chi connectivity index (χ0) is 42.9. The van der Waals surface area contributed by atoms with Gasteiger partial charge in [0.15, 0.2) is 58.2 Å². The van der Waals surface area contributed by atoms with Gasteiger partial charge in [-0.3, -0.25) is 0 Å². The second kappa shape index (κ2) is 17.3. The quantitative estimate of drug-likeness (QED) is 0.0338. The molecule has 7 aromatic rings. The van der Waals surface area contributed by atoms with Crippen LogP contribution in [-0.2, 0) is 26.2 Å². The van der Waals surface area contributed by atoms with E-state index in [9.17, 15) is 8.78 Å². The molecule has 1 aliphatic rings. The topological polar surface area (TPSA) is 0 Å². The van der Waals surface area contributed by atoms with Crippen molar-refractivity contribution in [3.63, 3.8) is 0 Å². The summed E-state index contributed by atoms with van der Waals surface area (Å²) >= 11 is 0. The van der Waals surface area contributed by atoms with Crippen molar-refractivity contribution in [1.29, 1.82) is 0 Å². The summed E-state index contributed by atoms with van der Waals surface area (Å²) in [7, 11) is -1.26. The van der Waals surface area contributed by atoms with Crippen molar-refractivity contribution in [2.24, 2.45) is 0 Å². The molecule has 0 nitrogen and oxygen atoms in total. The summed E-state index contributed by atoms with van der Waals surface area (Å²) in [5.74, 6) is -25.7. The van der Waals surface area contributed by atoms with Crippen LogP contribution in [0, 0.1) is 65.1 Å². The van der Waals surface area contributed by atoms with E-state index in [0.29, 0.717) is 45.3 Å². The van der Waals surface area contributed by atoms with E-state index in [1.54, 1.807) is 31.2 Å². The molecule has 0 saturated heterocycles. The molecule has 13 heteroatoms. The molecular weight excluding hydrogens is 900 g/mol. The average molecular weight is 933 g/mol. The first-order valence-corrected chi connectivity index (χ1v) is 20.9. The Morgan fingerprint density at radius 3 is 1.66 bits per heavy atom. The first-order chi connectivity index (χ1) is 28.7. The average Bonchev–Trinajstić information content (AvgIpc) is 3.88. The fraction of sp³-hybridized carbons (Fsp3) is 0.146. The molecule has 0 spiro atoms. The van der Waals surface area contributed by atoms with Gasteiger partial charge in [-0.05, 0) is 76.5 Å². The maximum atomic E-state index is 16.5. The van der Waals surface area contributed by atoms with Gasteiger partial charge in [0.2, 0.25) is 0 Å². The molecule has 1 atom stereocenters. The van der Waals surface area contributed by atoms with Gasteiger partial charge in [0.05, 0.1) is 0 Å². The normalized spacial score (nSPS) is 13.5. The molecule has 1 unspecified atom stereocenters. The summed E-state index contributed by atoms with van der Waals surface area (Å²) in [6.07, 6.45) is 2.93. The fourth-order valence-electron chi connectivity index (χ4n) is 8.97. The van der Waals surface area contributed by atoms with Crippen LogP contribution in [0.2, 0.25) is 0 Å². The van der Waals surface area contributed by atoms with Crippen LogP contribution in [-0.4, -0.2) is 19.0 Å². The Balaban J connectivity index is 0.00000561. The van der Waals surface area contributed by atoms with Crippen LogP contribution in [0.25, 0.3) is 39.1 Å². The number of rotatable bonds is 9. The van der Waals surface area contributed by atoms with Crippen LogP contribution in [0.3, 0.4) is 0 Å². The molecule has 0 radical (unpaired) electrons. The summed E-state index contributed by atoms with van der Waals surface area (Å²) in [5.41, 5.74) is 1.06. The number of hydrogen-bond acceptors (Lipinski definition) is 0. The Bertz CT molecular complexity index is 2780. The van der Waals surface area contributed by atoms with Crippen molar-refractivity contribution in [3.8, 4) is 22.3 Å². The van der Waals surface area contributed by atoms with Gasteiger partial charge in [-0.1, -0.05) is 99.0 Å². The van der Waals surface area contributed by atoms with Gasteiger partial charge >= 0.3 is 0 Å². The van der Waals surface area contributed by atoms with E-state index >= 15 is 35.1 Å². The van der Waals surface area contributed by atoms with Crippen LogP contribution in [0.5, 0.6) is 0 Å². The molecule has 61 heavy (non-hydrogen) atoms. The summed E-state index contributed by atoms with van der Waals surface area (Å²) in [5, 5.41) is 2.07. The van der Waals surface area contributed by atoms with Crippen molar-refractivity contribution >= 4 is 53.2 Å². The Labute approximate surface area is 366 Å². The predicted octanol–water partition coefficient (Wildman–Crippen LogP) is 11.8. The largest absolute Gasteiger partial charge is 0.257 e. The summed E-state index contributed by atoms with van der Waals surface area (Å²) < 4.78 is 157. The zero-order valence-electron chi connectivity index (χ0n) is 33.0. The molecule has 7 aromatic carbocycles. The molecule has 0 heterocycles. The van der Waals surface area contributed by atoms with Crippen molar-refractivity contribution in [1.82, 2.24) is 0 Å². The first kappa shape index (κ1) is 44.4. The molecule has 0 bridgehead atoms. The predicted molar refractivity (Wildman–Crippen MR) is 222 cm³/mol. The minimum atomic E-state index is -2.76. The second-order valence-corrected chi connectivity index (χ2v) is 17.6. The maximum Gasteiger partial charge on any atom is 0.257 e. The third-order valence-corrected chi connectivity index (χ3v) is 14.3. The van der Waals surface area contributed by atoms with E-state index in [2.05, 4.69) is 0 Å². The molecule has 8 rings (SSSR count). The molecule has 0 amide bonds. The molecular formula is C48H33BF10PZr-. The number of fused-ring (bicyclic) bond motifs is 2. The van der Waals surface area contributed by atoms with Crippen molar-refractivity contribution in [3.05, 3.63) is 177 Å². The zero-order valence-corrected chi connectivity index (χ0v) is 36.4. The van der Waals surface area contributed by atoms with Gasteiger partial charge in [-0.2, -0.15) is 12.1 Å². The van der Waals surface area contributed by atoms with E-state index in [1.165, 1.54) is 6.92 Å². The Hall–Kier alpha value is -4.65. The fourth-order valence-corrected chi connectivity index (χ4v) is 11.0. The van der Waals surface area contributed by atoms with Gasteiger partial charge in [0.1, 0.15) is 0 Å². The van der Waals surface area contributed by atoms with Crippen LogP contribution in [0.1, 0.15) is 48.9 Å². The smallest absolute Gasteiger partial charge is 0.204 e. The SMILES string of the molecule is CCP(CC)c1cc(-c2cccc3[cH-]ccc23)c(C)c(B(c2c(F)c(F)c(F)c(F)c2F)c2c(F)c(F)c(F)c(F)c2F)c1C1C(C)=Cc2c(-c3ccccc3)cccc21.[Zr]. The third-order valence-electron chi connectivity index (χ3n) is 11.7. The molecule has 0 N–H and O–H groups in total. The first-order valence-electron chi connectivity index (χ1n) is 19.2.